The molecule has 1 aromatic rings. The van der Waals surface area contributed by atoms with Gasteiger partial charge in [-0.05, 0) is 18.4 Å². The predicted octanol–water partition coefficient (Wildman–Crippen LogP) is 2.70. The normalized spacial score (nSPS) is 20.8. The van der Waals surface area contributed by atoms with Gasteiger partial charge in [0.2, 0.25) is 0 Å². The zero-order chi connectivity index (χ0) is 14.1. The van der Waals surface area contributed by atoms with Crippen molar-refractivity contribution in [3.8, 4) is 0 Å². The van der Waals surface area contributed by atoms with Crippen LogP contribution in [-0.2, 0) is 16.1 Å². The molecular weight excluding hydrogens is 256 g/mol. The molecule has 0 bridgehead atoms. The molecule has 0 amide bonds. The molecule has 1 N–H and O–H groups in total. The molecule has 1 aliphatic carbocycles. The second kappa shape index (κ2) is 4.96. The molecule has 0 fully saturated rings. The van der Waals surface area contributed by atoms with Crippen LogP contribution < -0.4 is 0 Å². The number of carbonyl (C=O) groups excluding carboxylic acids is 1. The zero-order valence-electron chi connectivity index (χ0n) is 10.8. The first kappa shape index (κ1) is 12.7. The third-order valence-electron chi connectivity index (χ3n) is 3.64. The average Bonchev–Trinajstić information content (AvgIpc) is 2.57. The molecule has 3 rings (SSSR count). The highest BCUT2D eigenvalue weighted by molar-refractivity contribution is 6.10. The van der Waals surface area contributed by atoms with E-state index in [9.17, 15) is 9.59 Å². The van der Waals surface area contributed by atoms with E-state index < -0.39 is 5.97 Å². The Hall–Kier alpha value is -2.36. The molecule has 0 spiro atoms. The van der Waals surface area contributed by atoms with Crippen LogP contribution >= 0.6 is 0 Å². The molecule has 4 heteroatoms. The van der Waals surface area contributed by atoms with E-state index in [0.717, 1.165) is 5.56 Å². The van der Waals surface area contributed by atoms with Crippen molar-refractivity contribution in [3.63, 3.8) is 0 Å². The molecular formula is C16H14O4. The summed E-state index contributed by atoms with van der Waals surface area (Å²) >= 11 is 0. The van der Waals surface area contributed by atoms with Gasteiger partial charge in [-0.15, -0.1) is 0 Å². The summed E-state index contributed by atoms with van der Waals surface area (Å²) in [6.45, 7) is 0.370. The maximum Gasteiger partial charge on any atom is 0.303 e. The molecule has 0 saturated carbocycles. The minimum atomic E-state index is -0.855. The van der Waals surface area contributed by atoms with Gasteiger partial charge in [-0.2, -0.15) is 0 Å². The fourth-order valence-corrected chi connectivity index (χ4v) is 2.64. The molecule has 2 aliphatic rings. The number of Topliss-reactive ketones (excluding diaryl/α,β-unsaturated/α-hetero) is 1. The summed E-state index contributed by atoms with van der Waals surface area (Å²) in [5.74, 6) is -0.476. The fourth-order valence-electron chi connectivity index (χ4n) is 2.64. The van der Waals surface area contributed by atoms with Crippen molar-refractivity contribution in [3.05, 3.63) is 58.9 Å². The molecule has 0 saturated heterocycles. The van der Waals surface area contributed by atoms with E-state index in [2.05, 4.69) is 0 Å². The summed E-state index contributed by atoms with van der Waals surface area (Å²) < 4.78 is 5.68. The lowest BCUT2D eigenvalue weighted by molar-refractivity contribution is -0.137. The number of carboxylic acid groups (broad SMARTS) is 1. The third-order valence-corrected chi connectivity index (χ3v) is 3.64. The van der Waals surface area contributed by atoms with Crippen LogP contribution in [0.3, 0.4) is 0 Å². The van der Waals surface area contributed by atoms with Gasteiger partial charge in [0.05, 0.1) is 6.42 Å². The van der Waals surface area contributed by atoms with Crippen molar-refractivity contribution in [2.24, 2.45) is 5.92 Å². The minimum Gasteiger partial charge on any atom is -0.488 e. The summed E-state index contributed by atoms with van der Waals surface area (Å²) in [6, 6.07) is 7.38. The van der Waals surface area contributed by atoms with Crippen LogP contribution in [0.15, 0.2) is 47.7 Å². The Morgan fingerprint density at radius 2 is 2.15 bits per heavy atom. The standard InChI is InChI=1S/C16H14O4/c17-15(18)8-10-5-6-14-13(7-10)16(19)12-4-2-1-3-11(12)9-20-14/h1-6,10H,7-9H2,(H,17,18). The van der Waals surface area contributed by atoms with E-state index >= 15 is 0 Å². The van der Waals surface area contributed by atoms with Gasteiger partial charge in [0.15, 0.2) is 5.78 Å². The number of hydrogen-bond donors (Lipinski definition) is 1. The van der Waals surface area contributed by atoms with Gasteiger partial charge in [0.1, 0.15) is 12.4 Å². The van der Waals surface area contributed by atoms with Crippen LogP contribution in [-0.4, -0.2) is 16.9 Å². The Bertz CT molecular complexity index is 640. The highest BCUT2D eigenvalue weighted by Crippen LogP contribution is 2.32. The van der Waals surface area contributed by atoms with Crippen LogP contribution in [0.1, 0.15) is 28.8 Å². The van der Waals surface area contributed by atoms with Crippen LogP contribution in [0.4, 0.5) is 0 Å². The summed E-state index contributed by atoms with van der Waals surface area (Å²) in [5, 5.41) is 8.87. The largest absolute Gasteiger partial charge is 0.488 e. The van der Waals surface area contributed by atoms with Gasteiger partial charge in [-0.3, -0.25) is 9.59 Å². The molecule has 20 heavy (non-hydrogen) atoms. The molecule has 1 heterocycles. The number of fused-ring (bicyclic) bond motifs is 1. The number of aliphatic carboxylic acids is 1. The van der Waals surface area contributed by atoms with Crippen molar-refractivity contribution in [2.45, 2.75) is 19.4 Å². The van der Waals surface area contributed by atoms with Gasteiger partial charge in [-0.25, -0.2) is 0 Å². The van der Waals surface area contributed by atoms with Crippen LogP contribution in [0.5, 0.6) is 0 Å². The number of benzene rings is 1. The second-order valence-electron chi connectivity index (χ2n) is 5.04. The van der Waals surface area contributed by atoms with Crippen molar-refractivity contribution < 1.29 is 19.4 Å². The van der Waals surface area contributed by atoms with E-state index in [1.807, 2.05) is 24.3 Å². The quantitative estimate of drug-likeness (QED) is 0.897. The number of rotatable bonds is 2. The summed E-state index contributed by atoms with van der Waals surface area (Å²) in [4.78, 5) is 23.4. The van der Waals surface area contributed by atoms with Gasteiger partial charge < -0.3 is 9.84 Å². The van der Waals surface area contributed by atoms with E-state index in [-0.39, 0.29) is 18.1 Å². The lowest BCUT2D eigenvalue weighted by Gasteiger charge is -2.18. The number of hydrogen-bond acceptors (Lipinski definition) is 3. The molecule has 1 unspecified atom stereocenters. The number of carbonyl (C=O) groups is 2. The smallest absolute Gasteiger partial charge is 0.303 e. The first-order valence-electron chi connectivity index (χ1n) is 6.53. The third kappa shape index (κ3) is 2.25. The van der Waals surface area contributed by atoms with Gasteiger partial charge in [0, 0.05) is 16.7 Å². The molecule has 0 aromatic heterocycles. The van der Waals surface area contributed by atoms with Gasteiger partial charge in [0.25, 0.3) is 0 Å². The Kier molecular flexibility index (Phi) is 3.14. The lowest BCUT2D eigenvalue weighted by Crippen LogP contribution is -2.15. The van der Waals surface area contributed by atoms with E-state index in [0.29, 0.717) is 29.9 Å². The fraction of sp³-hybridized carbons (Fsp3) is 0.250. The number of ether oxygens (including phenoxy) is 1. The van der Waals surface area contributed by atoms with Crippen molar-refractivity contribution in [1.82, 2.24) is 0 Å². The Morgan fingerprint density at radius 3 is 2.95 bits per heavy atom. The molecule has 4 nitrogen and oxygen atoms in total. The topological polar surface area (TPSA) is 63.6 Å². The molecule has 1 atom stereocenters. The van der Waals surface area contributed by atoms with Crippen molar-refractivity contribution >= 4 is 11.8 Å². The monoisotopic (exact) mass is 270 g/mol. The van der Waals surface area contributed by atoms with E-state index in [4.69, 9.17) is 9.84 Å². The Balaban J connectivity index is 1.93. The SMILES string of the molecule is O=C(O)CC1C=CC2=C(C1)C(=O)c1ccccc1CO2. The molecule has 1 aliphatic heterocycles. The molecule has 0 radical (unpaired) electrons. The lowest BCUT2D eigenvalue weighted by atomic mass is 9.86. The average molecular weight is 270 g/mol. The van der Waals surface area contributed by atoms with E-state index in [1.54, 1.807) is 12.1 Å². The second-order valence-corrected chi connectivity index (χ2v) is 5.04. The van der Waals surface area contributed by atoms with Crippen molar-refractivity contribution in [1.29, 1.82) is 0 Å². The maximum atomic E-state index is 12.6. The molecule has 1 aromatic carbocycles. The summed E-state index contributed by atoms with van der Waals surface area (Å²) in [5.41, 5.74) is 2.11. The number of allylic oxidation sites excluding steroid dienone is 3. The Labute approximate surface area is 116 Å². The van der Waals surface area contributed by atoms with Gasteiger partial charge in [-0.1, -0.05) is 30.3 Å². The highest BCUT2D eigenvalue weighted by atomic mass is 16.5. The minimum absolute atomic E-state index is 0.0300. The highest BCUT2D eigenvalue weighted by Gasteiger charge is 2.28. The maximum absolute atomic E-state index is 12.6. The first-order valence-corrected chi connectivity index (χ1v) is 6.53. The number of carboxylic acids is 1. The van der Waals surface area contributed by atoms with Gasteiger partial charge >= 0.3 is 5.97 Å². The Morgan fingerprint density at radius 1 is 1.35 bits per heavy atom. The predicted molar refractivity (Wildman–Crippen MR) is 72.1 cm³/mol. The van der Waals surface area contributed by atoms with E-state index in [1.165, 1.54) is 0 Å². The first-order chi connectivity index (χ1) is 9.65. The zero-order valence-corrected chi connectivity index (χ0v) is 10.8. The molecule has 102 valence electrons. The number of ketones is 1. The summed E-state index contributed by atoms with van der Waals surface area (Å²) in [7, 11) is 0. The van der Waals surface area contributed by atoms with Crippen molar-refractivity contribution in [2.75, 3.05) is 0 Å². The summed E-state index contributed by atoms with van der Waals surface area (Å²) in [6.07, 6.45) is 4.00. The van der Waals surface area contributed by atoms with Crippen LogP contribution in [0.25, 0.3) is 0 Å². The van der Waals surface area contributed by atoms with Crippen LogP contribution in [0, 0.1) is 5.92 Å². The van der Waals surface area contributed by atoms with Crippen LogP contribution in [0.2, 0.25) is 0 Å².